The van der Waals surface area contributed by atoms with E-state index < -0.39 is 15.6 Å². The first-order chi connectivity index (χ1) is 9.82. The molecule has 6 heteroatoms. The Bertz CT molecular complexity index is 618. The molecule has 0 bridgehead atoms. The molecule has 4 nitrogen and oxygen atoms in total. The highest BCUT2D eigenvalue weighted by Crippen LogP contribution is 2.35. The molecular weight excluding hydrogens is 308 g/mol. The van der Waals surface area contributed by atoms with Crippen molar-refractivity contribution in [2.75, 3.05) is 6.54 Å². The summed E-state index contributed by atoms with van der Waals surface area (Å²) in [4.78, 5) is 0.237. The van der Waals surface area contributed by atoms with Crippen LogP contribution >= 0.6 is 11.6 Å². The fraction of sp³-hybridized carbons (Fsp3) is 0.600. The molecule has 21 heavy (non-hydrogen) atoms. The number of halogens is 1. The second-order valence-electron chi connectivity index (χ2n) is 5.98. The lowest BCUT2D eigenvalue weighted by molar-refractivity contribution is 0.191. The lowest BCUT2D eigenvalue weighted by Gasteiger charge is -2.42. The van der Waals surface area contributed by atoms with Crippen LogP contribution in [0.3, 0.4) is 0 Å². The maximum absolute atomic E-state index is 12.8. The molecule has 0 saturated heterocycles. The van der Waals surface area contributed by atoms with E-state index in [9.17, 15) is 8.42 Å². The minimum Gasteiger partial charge on any atom is -0.329 e. The van der Waals surface area contributed by atoms with Gasteiger partial charge in [-0.05, 0) is 43.4 Å². The van der Waals surface area contributed by atoms with Gasteiger partial charge in [0.1, 0.15) is 0 Å². The maximum Gasteiger partial charge on any atom is 0.241 e. The van der Waals surface area contributed by atoms with Gasteiger partial charge in [-0.1, -0.05) is 37.4 Å². The lowest BCUT2D eigenvalue weighted by Crippen LogP contribution is -2.59. The zero-order valence-corrected chi connectivity index (χ0v) is 14.1. The van der Waals surface area contributed by atoms with Crippen LogP contribution in [0.2, 0.25) is 5.02 Å². The molecule has 3 N–H and O–H groups in total. The Kier molecular flexibility index (Phi) is 4.98. The van der Waals surface area contributed by atoms with Crippen molar-refractivity contribution in [3.8, 4) is 0 Å². The largest absolute Gasteiger partial charge is 0.329 e. The summed E-state index contributed by atoms with van der Waals surface area (Å²) in [6.07, 6.45) is 3.90. The third kappa shape index (κ3) is 3.26. The summed E-state index contributed by atoms with van der Waals surface area (Å²) < 4.78 is 28.4. The second kappa shape index (κ2) is 6.24. The van der Waals surface area contributed by atoms with Gasteiger partial charge in [0, 0.05) is 17.1 Å². The third-order valence-electron chi connectivity index (χ3n) is 4.66. The zero-order chi connectivity index (χ0) is 15.7. The number of nitrogens with one attached hydrogen (secondary N) is 1. The molecule has 0 amide bonds. The number of nitrogens with two attached hydrogens (primary N) is 1. The first-order valence-electron chi connectivity index (χ1n) is 7.31. The van der Waals surface area contributed by atoms with E-state index in [1.54, 1.807) is 25.1 Å². The smallest absolute Gasteiger partial charge is 0.241 e. The Balaban J connectivity index is 2.38. The summed E-state index contributed by atoms with van der Waals surface area (Å²) >= 11 is 6.04. The van der Waals surface area contributed by atoms with Crippen LogP contribution < -0.4 is 10.5 Å². The SMILES string of the molecule is Cc1c(Cl)cccc1S(=O)(=O)NC1(CN)CCCCC1C. The maximum atomic E-state index is 12.8. The predicted molar refractivity (Wildman–Crippen MR) is 85.9 cm³/mol. The van der Waals surface area contributed by atoms with Gasteiger partial charge in [-0.15, -0.1) is 0 Å². The van der Waals surface area contributed by atoms with Gasteiger partial charge >= 0.3 is 0 Å². The molecule has 0 radical (unpaired) electrons. The zero-order valence-electron chi connectivity index (χ0n) is 12.5. The molecule has 0 heterocycles. The number of benzene rings is 1. The van der Waals surface area contributed by atoms with Crippen LogP contribution in [0, 0.1) is 12.8 Å². The summed E-state index contributed by atoms with van der Waals surface area (Å²) in [5.74, 6) is 0.227. The molecule has 1 fully saturated rings. The Morgan fingerprint density at radius 1 is 1.43 bits per heavy atom. The van der Waals surface area contributed by atoms with Crippen LogP contribution in [-0.2, 0) is 10.0 Å². The quantitative estimate of drug-likeness (QED) is 0.891. The molecular formula is C15H23ClN2O2S. The monoisotopic (exact) mass is 330 g/mol. The van der Waals surface area contributed by atoms with Gasteiger partial charge in [0.15, 0.2) is 0 Å². The molecule has 1 aliphatic carbocycles. The molecule has 1 aliphatic rings. The van der Waals surface area contributed by atoms with Gasteiger partial charge in [-0.2, -0.15) is 0 Å². The van der Waals surface area contributed by atoms with Crippen LogP contribution in [0.5, 0.6) is 0 Å². The van der Waals surface area contributed by atoms with Crippen molar-refractivity contribution >= 4 is 21.6 Å². The highest BCUT2D eigenvalue weighted by Gasteiger charge is 2.40. The summed E-state index contributed by atoms with van der Waals surface area (Å²) in [6.45, 7) is 4.10. The van der Waals surface area contributed by atoms with E-state index >= 15 is 0 Å². The van der Waals surface area contributed by atoms with E-state index in [1.165, 1.54) is 0 Å². The van der Waals surface area contributed by atoms with Gasteiger partial charge in [0.2, 0.25) is 10.0 Å². The van der Waals surface area contributed by atoms with Crippen LogP contribution in [0.4, 0.5) is 0 Å². The summed E-state index contributed by atoms with van der Waals surface area (Å²) in [6, 6.07) is 4.93. The second-order valence-corrected chi connectivity index (χ2v) is 8.03. The van der Waals surface area contributed by atoms with Crippen LogP contribution in [0.1, 0.15) is 38.2 Å². The van der Waals surface area contributed by atoms with E-state index in [2.05, 4.69) is 11.6 Å². The Morgan fingerprint density at radius 3 is 2.76 bits per heavy atom. The van der Waals surface area contributed by atoms with Crippen molar-refractivity contribution in [2.24, 2.45) is 11.7 Å². The summed E-state index contributed by atoms with van der Waals surface area (Å²) in [5, 5.41) is 0.455. The Morgan fingerprint density at radius 2 is 2.14 bits per heavy atom. The number of rotatable bonds is 4. The molecule has 2 atom stereocenters. The Labute approximate surface area is 132 Å². The molecule has 0 spiro atoms. The van der Waals surface area contributed by atoms with Crippen molar-refractivity contribution < 1.29 is 8.42 Å². The average Bonchev–Trinajstić information content (AvgIpc) is 2.44. The highest BCUT2D eigenvalue weighted by molar-refractivity contribution is 7.89. The molecule has 1 aromatic carbocycles. The number of sulfonamides is 1. The van der Waals surface area contributed by atoms with Gasteiger partial charge in [-0.3, -0.25) is 0 Å². The van der Waals surface area contributed by atoms with E-state index in [0.717, 1.165) is 25.7 Å². The summed E-state index contributed by atoms with van der Waals surface area (Å²) in [7, 11) is -3.63. The molecule has 0 aliphatic heterocycles. The average molecular weight is 331 g/mol. The number of hydrogen-bond donors (Lipinski definition) is 2. The van der Waals surface area contributed by atoms with E-state index in [0.29, 0.717) is 17.1 Å². The third-order valence-corrected chi connectivity index (χ3v) is 6.77. The van der Waals surface area contributed by atoms with Crippen molar-refractivity contribution in [3.63, 3.8) is 0 Å². The standard InChI is InChI=1S/C15H23ClN2O2S/c1-11-6-3-4-9-15(11,10-17)18-21(19,20)14-8-5-7-13(16)12(14)2/h5,7-8,11,18H,3-4,6,9-10,17H2,1-2H3. The molecule has 2 unspecified atom stereocenters. The molecule has 2 rings (SSSR count). The van der Waals surface area contributed by atoms with E-state index in [4.69, 9.17) is 17.3 Å². The van der Waals surface area contributed by atoms with Crippen molar-refractivity contribution in [1.29, 1.82) is 0 Å². The van der Waals surface area contributed by atoms with Gasteiger partial charge < -0.3 is 5.73 Å². The molecule has 1 saturated carbocycles. The lowest BCUT2D eigenvalue weighted by atomic mass is 9.74. The molecule has 118 valence electrons. The number of hydrogen-bond acceptors (Lipinski definition) is 3. The van der Waals surface area contributed by atoms with E-state index in [-0.39, 0.29) is 10.8 Å². The molecule has 1 aromatic rings. The Hall–Kier alpha value is -0.620. The van der Waals surface area contributed by atoms with Crippen molar-refractivity contribution in [1.82, 2.24) is 4.72 Å². The minimum atomic E-state index is -3.63. The normalized spacial score (nSPS) is 26.8. The highest BCUT2D eigenvalue weighted by atomic mass is 35.5. The first-order valence-corrected chi connectivity index (χ1v) is 9.18. The first kappa shape index (κ1) is 16.7. The molecule has 0 aromatic heterocycles. The van der Waals surface area contributed by atoms with Crippen molar-refractivity contribution in [2.45, 2.75) is 50.0 Å². The minimum absolute atomic E-state index is 0.227. The van der Waals surface area contributed by atoms with E-state index in [1.807, 2.05) is 0 Å². The van der Waals surface area contributed by atoms with Crippen LogP contribution in [-0.4, -0.2) is 20.5 Å². The van der Waals surface area contributed by atoms with Crippen LogP contribution in [0.25, 0.3) is 0 Å². The van der Waals surface area contributed by atoms with Gasteiger partial charge in [-0.25, -0.2) is 13.1 Å². The fourth-order valence-corrected chi connectivity index (χ4v) is 5.14. The van der Waals surface area contributed by atoms with Crippen molar-refractivity contribution in [3.05, 3.63) is 28.8 Å². The van der Waals surface area contributed by atoms with Gasteiger partial charge in [0.05, 0.1) is 4.90 Å². The van der Waals surface area contributed by atoms with Crippen LogP contribution in [0.15, 0.2) is 23.1 Å². The predicted octanol–water partition coefficient (Wildman–Crippen LogP) is 2.83. The fourth-order valence-electron chi connectivity index (χ4n) is 3.11. The summed E-state index contributed by atoms with van der Waals surface area (Å²) in [5.41, 5.74) is 5.95. The topological polar surface area (TPSA) is 72.2 Å². The van der Waals surface area contributed by atoms with Gasteiger partial charge in [0.25, 0.3) is 0 Å².